The number of halogens is 5. The highest BCUT2D eigenvalue weighted by molar-refractivity contribution is 5.85. The summed E-state index contributed by atoms with van der Waals surface area (Å²) in [6.45, 7) is 2.07. The van der Waals surface area contributed by atoms with Gasteiger partial charge in [0.2, 0.25) is 5.91 Å². The highest BCUT2D eigenvalue weighted by Gasteiger charge is 2.30. The fraction of sp³-hybridized carbons (Fsp3) is 0.381. The molecule has 1 atom stereocenters. The van der Waals surface area contributed by atoms with E-state index in [1.807, 2.05) is 24.3 Å². The van der Waals surface area contributed by atoms with Crippen LogP contribution >= 0.6 is 24.8 Å². The van der Waals surface area contributed by atoms with E-state index in [0.29, 0.717) is 31.6 Å². The van der Waals surface area contributed by atoms with E-state index in [4.69, 9.17) is 5.73 Å². The monoisotopic (exact) mass is 463 g/mol. The van der Waals surface area contributed by atoms with Gasteiger partial charge in [-0.15, -0.1) is 24.8 Å². The first-order chi connectivity index (χ1) is 13.3. The zero-order chi connectivity index (χ0) is 20.1. The SMILES string of the molecule is Cl.Cl.Nc1ccccc1CCC(=O)NC1CCN(Cc2ccc(C(F)(F)F)cc2)C1. The minimum Gasteiger partial charge on any atom is -0.399 e. The summed E-state index contributed by atoms with van der Waals surface area (Å²) in [4.78, 5) is 14.3. The summed E-state index contributed by atoms with van der Waals surface area (Å²) in [5.74, 6) is -0.00960. The van der Waals surface area contributed by atoms with E-state index < -0.39 is 11.7 Å². The fourth-order valence-electron chi connectivity index (χ4n) is 3.46. The maximum absolute atomic E-state index is 12.6. The van der Waals surface area contributed by atoms with Crippen molar-refractivity contribution in [2.24, 2.45) is 0 Å². The highest BCUT2D eigenvalue weighted by Crippen LogP contribution is 2.29. The molecule has 1 amide bonds. The summed E-state index contributed by atoms with van der Waals surface area (Å²) in [5.41, 5.74) is 7.75. The summed E-state index contributed by atoms with van der Waals surface area (Å²) in [5, 5.41) is 3.04. The van der Waals surface area contributed by atoms with E-state index in [9.17, 15) is 18.0 Å². The number of amides is 1. The number of para-hydroxylation sites is 1. The molecule has 1 fully saturated rings. The zero-order valence-electron chi connectivity index (χ0n) is 16.3. The molecule has 166 valence electrons. The Morgan fingerprint density at radius 2 is 1.77 bits per heavy atom. The van der Waals surface area contributed by atoms with Gasteiger partial charge in [0.05, 0.1) is 5.56 Å². The molecule has 1 aliphatic rings. The van der Waals surface area contributed by atoms with Crippen LogP contribution in [-0.2, 0) is 23.9 Å². The molecule has 1 unspecified atom stereocenters. The topological polar surface area (TPSA) is 58.4 Å². The number of carbonyl (C=O) groups excluding carboxylic acids is 1. The minimum absolute atomic E-state index is 0. The number of nitrogens with zero attached hydrogens (tertiary/aromatic N) is 1. The maximum atomic E-state index is 12.6. The molecular weight excluding hydrogens is 438 g/mol. The van der Waals surface area contributed by atoms with Crippen molar-refractivity contribution in [1.29, 1.82) is 0 Å². The van der Waals surface area contributed by atoms with Crippen molar-refractivity contribution in [1.82, 2.24) is 10.2 Å². The van der Waals surface area contributed by atoms with Gasteiger partial charge in [0.1, 0.15) is 0 Å². The molecule has 3 N–H and O–H groups in total. The summed E-state index contributed by atoms with van der Waals surface area (Å²) in [6, 6.07) is 12.8. The Hall–Kier alpha value is -1.96. The number of benzene rings is 2. The number of carbonyl (C=O) groups is 1. The zero-order valence-corrected chi connectivity index (χ0v) is 18.0. The first-order valence-electron chi connectivity index (χ1n) is 9.32. The predicted molar refractivity (Wildman–Crippen MR) is 117 cm³/mol. The predicted octanol–water partition coefficient (Wildman–Crippen LogP) is 4.45. The Balaban J connectivity index is 0.00000225. The number of nitrogens with one attached hydrogen (secondary N) is 1. The van der Waals surface area contributed by atoms with Crippen molar-refractivity contribution < 1.29 is 18.0 Å². The smallest absolute Gasteiger partial charge is 0.399 e. The average Bonchev–Trinajstić information content (AvgIpc) is 3.07. The molecule has 4 nitrogen and oxygen atoms in total. The average molecular weight is 464 g/mol. The molecule has 2 aromatic rings. The van der Waals surface area contributed by atoms with Crippen LogP contribution in [0.3, 0.4) is 0 Å². The van der Waals surface area contributed by atoms with Crippen molar-refractivity contribution in [2.45, 2.75) is 38.0 Å². The van der Waals surface area contributed by atoms with E-state index in [1.165, 1.54) is 12.1 Å². The lowest BCUT2D eigenvalue weighted by molar-refractivity contribution is -0.137. The molecule has 0 bridgehead atoms. The maximum Gasteiger partial charge on any atom is 0.416 e. The van der Waals surface area contributed by atoms with Gasteiger partial charge < -0.3 is 11.1 Å². The lowest BCUT2D eigenvalue weighted by Crippen LogP contribution is -2.37. The normalized spacial score (nSPS) is 16.4. The number of hydrogen-bond acceptors (Lipinski definition) is 3. The number of hydrogen-bond donors (Lipinski definition) is 2. The molecule has 0 spiro atoms. The van der Waals surface area contributed by atoms with Gasteiger partial charge in [-0.3, -0.25) is 9.69 Å². The van der Waals surface area contributed by atoms with Crippen molar-refractivity contribution in [3.05, 3.63) is 65.2 Å². The van der Waals surface area contributed by atoms with Crippen molar-refractivity contribution in [3.63, 3.8) is 0 Å². The fourth-order valence-corrected chi connectivity index (χ4v) is 3.46. The van der Waals surface area contributed by atoms with Crippen LogP contribution in [0.2, 0.25) is 0 Å². The molecule has 2 aromatic carbocycles. The van der Waals surface area contributed by atoms with E-state index in [-0.39, 0.29) is 36.8 Å². The van der Waals surface area contributed by atoms with E-state index in [2.05, 4.69) is 10.2 Å². The molecule has 0 saturated carbocycles. The number of rotatable bonds is 6. The van der Waals surface area contributed by atoms with Crippen LogP contribution in [0.4, 0.5) is 18.9 Å². The van der Waals surface area contributed by atoms with E-state index in [1.54, 1.807) is 0 Å². The Kier molecular flexibility index (Phi) is 9.94. The van der Waals surface area contributed by atoms with E-state index >= 15 is 0 Å². The molecule has 0 aromatic heterocycles. The second-order valence-corrected chi connectivity index (χ2v) is 7.18. The number of likely N-dealkylation sites (tertiary alicyclic amines) is 1. The largest absolute Gasteiger partial charge is 0.416 e. The molecule has 1 heterocycles. The van der Waals surface area contributed by atoms with Crippen molar-refractivity contribution in [2.75, 3.05) is 18.8 Å². The van der Waals surface area contributed by atoms with Crippen LogP contribution in [0.1, 0.15) is 29.5 Å². The molecule has 0 radical (unpaired) electrons. The highest BCUT2D eigenvalue weighted by atomic mass is 35.5. The molecule has 1 saturated heterocycles. The van der Waals surface area contributed by atoms with Gasteiger partial charge in [0.25, 0.3) is 0 Å². The molecule has 0 aliphatic carbocycles. The van der Waals surface area contributed by atoms with Crippen LogP contribution in [0, 0.1) is 0 Å². The Bertz CT molecular complexity index is 816. The van der Waals surface area contributed by atoms with Crippen molar-refractivity contribution in [3.8, 4) is 0 Å². The Morgan fingerprint density at radius 1 is 1.10 bits per heavy atom. The number of nitrogen functional groups attached to an aromatic ring is 1. The van der Waals surface area contributed by atoms with Crippen LogP contribution in [0.15, 0.2) is 48.5 Å². The minimum atomic E-state index is -4.31. The number of aryl methyl sites for hydroxylation is 1. The number of nitrogens with two attached hydrogens (primary N) is 1. The summed E-state index contributed by atoms with van der Waals surface area (Å²) in [7, 11) is 0. The van der Waals surface area contributed by atoms with Crippen LogP contribution in [0.5, 0.6) is 0 Å². The van der Waals surface area contributed by atoms with Gasteiger partial charge in [-0.1, -0.05) is 30.3 Å². The van der Waals surface area contributed by atoms with Gasteiger partial charge in [0, 0.05) is 37.8 Å². The van der Waals surface area contributed by atoms with Gasteiger partial charge in [0.15, 0.2) is 0 Å². The molecular formula is C21H26Cl2F3N3O. The van der Waals surface area contributed by atoms with Crippen molar-refractivity contribution >= 4 is 36.4 Å². The van der Waals surface area contributed by atoms with Gasteiger partial charge in [-0.25, -0.2) is 0 Å². The molecule has 30 heavy (non-hydrogen) atoms. The van der Waals surface area contributed by atoms with Crippen LogP contribution in [-0.4, -0.2) is 29.9 Å². The third kappa shape index (κ3) is 7.38. The number of alkyl halides is 3. The summed E-state index contributed by atoms with van der Waals surface area (Å²) >= 11 is 0. The second-order valence-electron chi connectivity index (χ2n) is 7.18. The lowest BCUT2D eigenvalue weighted by atomic mass is 10.1. The Labute approximate surface area is 186 Å². The molecule has 3 rings (SSSR count). The first-order valence-corrected chi connectivity index (χ1v) is 9.32. The second kappa shape index (κ2) is 11.4. The van der Waals surface area contributed by atoms with Crippen LogP contribution in [0.25, 0.3) is 0 Å². The third-order valence-corrected chi connectivity index (χ3v) is 5.00. The quantitative estimate of drug-likeness (QED) is 0.621. The Morgan fingerprint density at radius 3 is 2.40 bits per heavy atom. The lowest BCUT2D eigenvalue weighted by Gasteiger charge is -2.17. The number of anilines is 1. The van der Waals surface area contributed by atoms with Crippen LogP contribution < -0.4 is 11.1 Å². The molecule has 9 heteroatoms. The van der Waals surface area contributed by atoms with Gasteiger partial charge >= 0.3 is 6.18 Å². The van der Waals surface area contributed by atoms with Gasteiger partial charge in [-0.2, -0.15) is 13.2 Å². The summed E-state index contributed by atoms with van der Waals surface area (Å²) < 4.78 is 37.9. The standard InChI is InChI=1S/C21H24F3N3O.2ClH/c22-21(23,24)17-8-5-15(6-9-17)13-27-12-11-18(14-27)26-20(28)10-7-16-3-1-2-4-19(16)25;;/h1-6,8-9,18H,7,10-14,25H2,(H,26,28);2*1H. The summed E-state index contributed by atoms with van der Waals surface area (Å²) in [6.07, 6.45) is -2.50. The third-order valence-electron chi connectivity index (χ3n) is 5.00. The van der Waals surface area contributed by atoms with E-state index in [0.717, 1.165) is 36.2 Å². The van der Waals surface area contributed by atoms with Gasteiger partial charge in [-0.05, 0) is 42.2 Å². The molecule has 1 aliphatic heterocycles. The first kappa shape index (κ1) is 26.1.